The van der Waals surface area contributed by atoms with Crippen LogP contribution in [0, 0.1) is 0 Å². The summed E-state index contributed by atoms with van der Waals surface area (Å²) >= 11 is 0. The predicted molar refractivity (Wildman–Crippen MR) is 166 cm³/mol. The number of phenolic OH excluding ortho intramolecular Hbond substituents is 1. The van der Waals surface area contributed by atoms with Crippen LogP contribution in [0.5, 0.6) is 17.2 Å². The molecule has 0 bridgehead atoms. The van der Waals surface area contributed by atoms with E-state index < -0.39 is 5.78 Å². The molecular weight excluding hydrogens is 594 g/mol. The molecule has 0 atom stereocenters. The van der Waals surface area contributed by atoms with Crippen molar-refractivity contribution in [2.24, 2.45) is 0 Å². The van der Waals surface area contributed by atoms with Crippen LogP contribution < -0.4 is 26.5 Å². The topological polar surface area (TPSA) is 72.8 Å². The Morgan fingerprint density at radius 2 is 1.19 bits per heavy atom. The summed E-state index contributed by atoms with van der Waals surface area (Å²) in [4.78, 5) is 26.9. The molecular formula is C35H52BrNO5. The average molecular weight is 647 g/mol. The molecule has 0 unspecified atom stereocenters. The molecule has 0 radical (unpaired) electrons. The molecule has 0 aliphatic heterocycles. The smallest absolute Gasteiger partial charge is 0.201 e. The molecule has 1 aliphatic rings. The first kappa shape index (κ1) is 35.8. The van der Waals surface area contributed by atoms with Gasteiger partial charge in [0.2, 0.25) is 5.78 Å². The van der Waals surface area contributed by atoms with Crippen LogP contribution in [-0.2, 0) is 6.54 Å². The van der Waals surface area contributed by atoms with E-state index in [0.29, 0.717) is 17.1 Å². The lowest BCUT2D eigenvalue weighted by Crippen LogP contribution is -3.00. The third kappa shape index (κ3) is 9.84. The first-order valence-electron chi connectivity index (χ1n) is 15.8. The number of ketones is 2. The van der Waals surface area contributed by atoms with Crippen LogP contribution in [0.25, 0.3) is 0 Å². The highest BCUT2D eigenvalue weighted by Gasteiger charge is 2.36. The molecule has 0 amide bonds. The van der Waals surface area contributed by atoms with Crippen LogP contribution in [0.2, 0.25) is 0 Å². The van der Waals surface area contributed by atoms with Gasteiger partial charge in [-0.25, -0.2) is 0 Å². The highest BCUT2D eigenvalue weighted by Crippen LogP contribution is 2.40. The fourth-order valence-electron chi connectivity index (χ4n) is 6.05. The van der Waals surface area contributed by atoms with Crippen molar-refractivity contribution in [1.82, 2.24) is 0 Å². The molecule has 3 rings (SSSR count). The van der Waals surface area contributed by atoms with Crippen molar-refractivity contribution in [2.75, 3.05) is 34.9 Å². The van der Waals surface area contributed by atoms with Crippen LogP contribution in [0.4, 0.5) is 0 Å². The molecule has 2 aromatic carbocycles. The summed E-state index contributed by atoms with van der Waals surface area (Å²) in [5.41, 5.74) is 1.65. The summed E-state index contributed by atoms with van der Waals surface area (Å²) in [5, 5.41) is 10.5. The van der Waals surface area contributed by atoms with E-state index in [2.05, 4.69) is 21.0 Å². The van der Waals surface area contributed by atoms with E-state index in [-0.39, 0.29) is 45.2 Å². The number of fused-ring (bicyclic) bond motifs is 2. The lowest BCUT2D eigenvalue weighted by molar-refractivity contribution is -0.903. The van der Waals surface area contributed by atoms with Crippen molar-refractivity contribution in [1.29, 1.82) is 0 Å². The third-order valence-corrected chi connectivity index (χ3v) is 8.38. The van der Waals surface area contributed by atoms with Crippen LogP contribution >= 0.6 is 0 Å². The zero-order valence-corrected chi connectivity index (χ0v) is 28.1. The zero-order chi connectivity index (χ0) is 29.8. The van der Waals surface area contributed by atoms with E-state index >= 15 is 0 Å². The van der Waals surface area contributed by atoms with E-state index in [1.165, 1.54) is 110 Å². The van der Waals surface area contributed by atoms with Crippen LogP contribution in [-0.4, -0.2) is 56.0 Å². The Bertz CT molecular complexity index is 1180. The number of quaternary nitrogens is 1. The minimum Gasteiger partial charge on any atom is -1.00 e. The molecule has 7 heteroatoms. The molecule has 0 spiro atoms. The highest BCUT2D eigenvalue weighted by molar-refractivity contribution is 6.30. The number of ether oxygens (including phenoxy) is 2. The molecule has 234 valence electrons. The Hall–Kier alpha value is -2.38. The molecule has 2 aromatic rings. The van der Waals surface area contributed by atoms with E-state index in [9.17, 15) is 14.7 Å². The summed E-state index contributed by atoms with van der Waals surface area (Å²) < 4.78 is 11.6. The normalized spacial score (nSPS) is 12.5. The Morgan fingerprint density at radius 1 is 0.667 bits per heavy atom. The number of carbonyl (C=O) groups excluding carboxylic acids is 2. The standard InChI is InChI=1S/C35H51NO5.BrH/c1-6-7-8-9-10-11-12-13-14-15-16-17-18-19-20-36(2,3)25-26-21-28-33(31(22-26)41-5)35(39)32-29(34(28)38)23-27(40-4)24-30(32)37;/h21-24H,6-20,25H2,1-5H3;1H. The van der Waals surface area contributed by atoms with E-state index in [4.69, 9.17) is 9.47 Å². The minimum atomic E-state index is -0.408. The van der Waals surface area contributed by atoms with Crippen LogP contribution in [0.15, 0.2) is 24.3 Å². The van der Waals surface area contributed by atoms with E-state index in [0.717, 1.165) is 29.6 Å². The fraction of sp³-hybridized carbons (Fsp3) is 0.600. The second-order valence-electron chi connectivity index (χ2n) is 12.4. The number of nitrogens with zero attached hydrogens (tertiary/aromatic N) is 1. The van der Waals surface area contributed by atoms with Gasteiger partial charge in [-0.2, -0.15) is 0 Å². The second kappa shape index (κ2) is 17.7. The number of benzene rings is 2. The number of hydrogen-bond donors (Lipinski definition) is 1. The Balaban J connectivity index is 0.00000616. The van der Waals surface area contributed by atoms with Gasteiger partial charge < -0.3 is 36.0 Å². The quantitative estimate of drug-likeness (QED) is 0.142. The molecule has 0 saturated carbocycles. The maximum atomic E-state index is 13.5. The largest absolute Gasteiger partial charge is 1.00 e. The maximum absolute atomic E-state index is 13.5. The summed E-state index contributed by atoms with van der Waals surface area (Å²) in [6.07, 6.45) is 18.9. The first-order chi connectivity index (χ1) is 19.7. The average Bonchev–Trinajstić information content (AvgIpc) is 2.94. The summed E-state index contributed by atoms with van der Waals surface area (Å²) in [5.74, 6) is -0.274. The number of rotatable bonds is 19. The second-order valence-corrected chi connectivity index (χ2v) is 12.4. The molecule has 0 fully saturated rings. The Labute approximate surface area is 264 Å². The number of phenols is 1. The SMILES string of the molecule is CCCCCCCCCCCCCCCC[N+](C)(C)Cc1cc(OC)c2c(c1)C(=O)c1cc(OC)cc(O)c1C2=O.[Br-]. The molecule has 42 heavy (non-hydrogen) atoms. The zero-order valence-electron chi connectivity index (χ0n) is 26.5. The van der Waals surface area contributed by atoms with E-state index in [1.54, 1.807) is 0 Å². The van der Waals surface area contributed by atoms with Gasteiger partial charge in [-0.15, -0.1) is 0 Å². The first-order valence-corrected chi connectivity index (χ1v) is 15.8. The number of methoxy groups -OCH3 is 2. The number of hydrogen-bond acceptors (Lipinski definition) is 5. The lowest BCUT2D eigenvalue weighted by atomic mass is 9.82. The molecule has 0 aromatic heterocycles. The van der Waals surface area contributed by atoms with Gasteiger partial charge in [0.1, 0.15) is 23.8 Å². The van der Waals surface area contributed by atoms with E-state index in [1.807, 2.05) is 12.1 Å². The van der Waals surface area contributed by atoms with Gasteiger partial charge in [0.15, 0.2) is 5.78 Å². The maximum Gasteiger partial charge on any atom is 0.201 e. The van der Waals surface area contributed by atoms with Crippen molar-refractivity contribution in [3.63, 3.8) is 0 Å². The number of carbonyl (C=O) groups is 2. The van der Waals surface area contributed by atoms with Crippen LogP contribution in [0.1, 0.15) is 134 Å². The monoisotopic (exact) mass is 645 g/mol. The molecule has 0 heterocycles. The fourth-order valence-corrected chi connectivity index (χ4v) is 6.05. The number of aromatic hydroxyl groups is 1. The van der Waals surface area contributed by atoms with Crippen molar-refractivity contribution in [2.45, 2.75) is 103 Å². The van der Waals surface area contributed by atoms with Crippen molar-refractivity contribution in [3.8, 4) is 17.2 Å². The third-order valence-electron chi connectivity index (χ3n) is 8.38. The van der Waals surface area contributed by atoms with Gasteiger partial charge >= 0.3 is 0 Å². The van der Waals surface area contributed by atoms with Gasteiger partial charge in [0.25, 0.3) is 0 Å². The number of halogens is 1. The molecule has 6 nitrogen and oxygen atoms in total. The van der Waals surface area contributed by atoms with Gasteiger partial charge in [-0.05, 0) is 31.0 Å². The lowest BCUT2D eigenvalue weighted by Gasteiger charge is -2.31. The summed E-state index contributed by atoms with van der Waals surface area (Å²) in [6.45, 7) is 4.03. The summed E-state index contributed by atoms with van der Waals surface area (Å²) in [7, 11) is 7.39. The van der Waals surface area contributed by atoms with Gasteiger partial charge in [0.05, 0.1) is 46.0 Å². The Kier molecular flexibility index (Phi) is 15.1. The van der Waals surface area contributed by atoms with Gasteiger partial charge in [0, 0.05) is 22.8 Å². The number of unbranched alkanes of at least 4 members (excludes halogenated alkanes) is 13. The summed E-state index contributed by atoms with van der Waals surface area (Å²) in [6, 6.07) is 6.56. The minimum absolute atomic E-state index is 0. The molecule has 1 N–H and O–H groups in total. The van der Waals surface area contributed by atoms with Gasteiger partial charge in [-0.1, -0.05) is 84.0 Å². The molecule has 0 saturated heterocycles. The predicted octanol–water partition coefficient (Wildman–Crippen LogP) is 5.25. The van der Waals surface area contributed by atoms with Crippen molar-refractivity contribution >= 4 is 11.6 Å². The Morgan fingerprint density at radius 3 is 1.71 bits per heavy atom. The van der Waals surface area contributed by atoms with Crippen LogP contribution in [0.3, 0.4) is 0 Å². The highest BCUT2D eigenvalue weighted by atomic mass is 79.9. The van der Waals surface area contributed by atoms with Gasteiger partial charge in [-0.3, -0.25) is 9.59 Å². The van der Waals surface area contributed by atoms with Crippen molar-refractivity contribution < 1.29 is 45.6 Å². The molecule has 1 aliphatic carbocycles. The van der Waals surface area contributed by atoms with Crippen molar-refractivity contribution in [3.05, 3.63) is 52.1 Å².